The standard InChI is InChI=1S/C16H25F3N6.HI/c1-2-20-14(24-12-6-4-3-5-7-12)22-10-11-23-15-21-9-8-13(25-15)16(17,18)19;/h8-9,12H,2-7,10-11H2,1H3,(H2,20,22,24)(H,21,23,25);1H. The molecule has 1 aliphatic rings. The van der Waals surface area contributed by atoms with Gasteiger partial charge >= 0.3 is 6.18 Å². The number of aliphatic imine (C=N–C) groups is 1. The van der Waals surface area contributed by atoms with Crippen molar-refractivity contribution < 1.29 is 13.2 Å². The molecule has 0 unspecified atom stereocenters. The van der Waals surface area contributed by atoms with Crippen molar-refractivity contribution in [1.29, 1.82) is 0 Å². The lowest BCUT2D eigenvalue weighted by atomic mass is 9.96. The first-order chi connectivity index (χ1) is 12.0. The van der Waals surface area contributed by atoms with E-state index in [1.807, 2.05) is 6.92 Å². The Morgan fingerprint density at radius 3 is 2.65 bits per heavy atom. The molecule has 0 aliphatic heterocycles. The fourth-order valence-electron chi connectivity index (χ4n) is 2.70. The second kappa shape index (κ2) is 11.4. The Balaban J connectivity index is 0.00000338. The van der Waals surface area contributed by atoms with E-state index in [4.69, 9.17) is 0 Å². The molecular formula is C16H26F3IN6. The van der Waals surface area contributed by atoms with Gasteiger partial charge in [-0.2, -0.15) is 13.2 Å². The summed E-state index contributed by atoms with van der Waals surface area (Å²) in [5, 5.41) is 9.38. The normalized spacial score (nSPS) is 15.9. The van der Waals surface area contributed by atoms with Crippen LogP contribution in [-0.2, 0) is 6.18 Å². The Bertz CT molecular complexity index is 561. The number of nitrogens with zero attached hydrogens (tertiary/aromatic N) is 3. The van der Waals surface area contributed by atoms with Gasteiger partial charge in [0.1, 0.15) is 5.69 Å². The number of nitrogens with one attached hydrogen (secondary N) is 3. The van der Waals surface area contributed by atoms with Gasteiger partial charge in [-0.15, -0.1) is 24.0 Å². The monoisotopic (exact) mass is 486 g/mol. The molecule has 1 aliphatic carbocycles. The molecule has 1 aromatic rings. The van der Waals surface area contributed by atoms with E-state index >= 15 is 0 Å². The third-order valence-corrected chi connectivity index (χ3v) is 3.90. The Morgan fingerprint density at radius 2 is 2.00 bits per heavy atom. The molecule has 1 saturated carbocycles. The van der Waals surface area contributed by atoms with Crippen molar-refractivity contribution in [2.45, 2.75) is 51.2 Å². The predicted octanol–water partition coefficient (Wildman–Crippen LogP) is 3.41. The van der Waals surface area contributed by atoms with Crippen LogP contribution in [0.4, 0.5) is 19.1 Å². The summed E-state index contributed by atoms with van der Waals surface area (Å²) in [4.78, 5) is 11.7. The SMILES string of the molecule is CCNC(=NCCNc1nccc(C(F)(F)F)n1)NC1CCCCC1.I. The molecule has 26 heavy (non-hydrogen) atoms. The van der Waals surface area contributed by atoms with Crippen LogP contribution in [0, 0.1) is 0 Å². The smallest absolute Gasteiger partial charge is 0.357 e. The van der Waals surface area contributed by atoms with Gasteiger partial charge in [0.05, 0.1) is 6.54 Å². The number of rotatable bonds is 6. The van der Waals surface area contributed by atoms with Crippen LogP contribution in [0.3, 0.4) is 0 Å². The Morgan fingerprint density at radius 1 is 1.27 bits per heavy atom. The minimum absolute atomic E-state index is 0. The van der Waals surface area contributed by atoms with E-state index < -0.39 is 11.9 Å². The van der Waals surface area contributed by atoms with Crippen molar-refractivity contribution in [2.75, 3.05) is 25.0 Å². The second-order valence-electron chi connectivity index (χ2n) is 5.93. The zero-order valence-corrected chi connectivity index (χ0v) is 17.1. The van der Waals surface area contributed by atoms with Crippen molar-refractivity contribution in [1.82, 2.24) is 20.6 Å². The van der Waals surface area contributed by atoms with Crippen LogP contribution in [0.2, 0.25) is 0 Å². The summed E-state index contributed by atoms with van der Waals surface area (Å²) in [5.74, 6) is 0.691. The van der Waals surface area contributed by atoms with Gasteiger partial charge in [-0.3, -0.25) is 4.99 Å². The average molecular weight is 486 g/mol. The van der Waals surface area contributed by atoms with Crippen LogP contribution in [0.5, 0.6) is 0 Å². The molecule has 1 aromatic heterocycles. The third-order valence-electron chi connectivity index (χ3n) is 3.90. The summed E-state index contributed by atoms with van der Waals surface area (Å²) < 4.78 is 37.8. The molecular weight excluding hydrogens is 460 g/mol. The van der Waals surface area contributed by atoms with Crippen molar-refractivity contribution in [2.24, 2.45) is 4.99 Å². The zero-order chi connectivity index (χ0) is 18.1. The molecule has 6 nitrogen and oxygen atoms in total. The number of hydrogen-bond donors (Lipinski definition) is 3. The highest BCUT2D eigenvalue weighted by Crippen LogP contribution is 2.27. The van der Waals surface area contributed by atoms with Gasteiger partial charge < -0.3 is 16.0 Å². The highest BCUT2D eigenvalue weighted by Gasteiger charge is 2.32. The van der Waals surface area contributed by atoms with Crippen molar-refractivity contribution in [3.05, 3.63) is 18.0 Å². The zero-order valence-electron chi connectivity index (χ0n) is 14.8. The van der Waals surface area contributed by atoms with Gasteiger partial charge in [0.25, 0.3) is 0 Å². The minimum atomic E-state index is -4.47. The van der Waals surface area contributed by atoms with E-state index in [1.165, 1.54) is 19.3 Å². The first-order valence-corrected chi connectivity index (χ1v) is 8.68. The number of anilines is 1. The van der Waals surface area contributed by atoms with Crippen LogP contribution < -0.4 is 16.0 Å². The lowest BCUT2D eigenvalue weighted by Gasteiger charge is -2.24. The summed E-state index contributed by atoms with van der Waals surface area (Å²) >= 11 is 0. The van der Waals surface area contributed by atoms with Gasteiger partial charge in [0.15, 0.2) is 5.96 Å². The number of alkyl halides is 3. The Labute approximate surface area is 168 Å². The third kappa shape index (κ3) is 7.92. The predicted molar refractivity (Wildman–Crippen MR) is 107 cm³/mol. The molecule has 0 radical (unpaired) electrons. The van der Waals surface area contributed by atoms with E-state index in [9.17, 15) is 13.2 Å². The maximum Gasteiger partial charge on any atom is 0.433 e. The highest BCUT2D eigenvalue weighted by molar-refractivity contribution is 14.0. The minimum Gasteiger partial charge on any atom is -0.357 e. The first-order valence-electron chi connectivity index (χ1n) is 8.68. The van der Waals surface area contributed by atoms with Crippen LogP contribution in [0.25, 0.3) is 0 Å². The molecule has 3 N–H and O–H groups in total. The summed E-state index contributed by atoms with van der Waals surface area (Å²) in [6.45, 7) is 3.50. The van der Waals surface area contributed by atoms with Gasteiger partial charge in [-0.1, -0.05) is 19.3 Å². The molecule has 1 fully saturated rings. The van der Waals surface area contributed by atoms with Crippen LogP contribution >= 0.6 is 24.0 Å². The van der Waals surface area contributed by atoms with E-state index in [-0.39, 0.29) is 29.9 Å². The number of aromatic nitrogens is 2. The first kappa shape index (κ1) is 22.7. The largest absolute Gasteiger partial charge is 0.433 e. The summed E-state index contributed by atoms with van der Waals surface area (Å²) in [6, 6.07) is 1.28. The van der Waals surface area contributed by atoms with Crippen LogP contribution in [0.15, 0.2) is 17.3 Å². The second-order valence-corrected chi connectivity index (χ2v) is 5.93. The van der Waals surface area contributed by atoms with Crippen LogP contribution in [0.1, 0.15) is 44.7 Å². The van der Waals surface area contributed by atoms with E-state index in [1.54, 1.807) is 0 Å². The van der Waals surface area contributed by atoms with E-state index in [0.29, 0.717) is 19.1 Å². The maximum atomic E-state index is 12.6. The van der Waals surface area contributed by atoms with Gasteiger partial charge in [-0.25, -0.2) is 9.97 Å². The lowest BCUT2D eigenvalue weighted by Crippen LogP contribution is -2.44. The molecule has 10 heteroatoms. The summed E-state index contributed by atoms with van der Waals surface area (Å²) in [5.41, 5.74) is -0.958. The molecule has 0 aromatic carbocycles. The average Bonchev–Trinajstić information content (AvgIpc) is 2.59. The molecule has 2 rings (SSSR count). The Kier molecular flexibility index (Phi) is 9.96. The fraction of sp³-hybridized carbons (Fsp3) is 0.688. The van der Waals surface area contributed by atoms with Gasteiger partial charge in [0, 0.05) is 25.3 Å². The molecule has 148 valence electrons. The Hall–Kier alpha value is -1.33. The van der Waals surface area contributed by atoms with Crippen molar-refractivity contribution in [3.8, 4) is 0 Å². The molecule has 0 amide bonds. The number of hydrogen-bond acceptors (Lipinski definition) is 4. The molecule has 0 saturated heterocycles. The van der Waals surface area contributed by atoms with E-state index in [0.717, 1.165) is 37.6 Å². The van der Waals surface area contributed by atoms with Crippen molar-refractivity contribution in [3.63, 3.8) is 0 Å². The quantitative estimate of drug-likeness (QED) is 0.249. The topological polar surface area (TPSA) is 74.2 Å². The molecule has 0 spiro atoms. The molecule has 1 heterocycles. The van der Waals surface area contributed by atoms with Crippen molar-refractivity contribution >= 4 is 35.9 Å². The summed E-state index contributed by atoms with van der Waals surface area (Å²) in [7, 11) is 0. The van der Waals surface area contributed by atoms with Crippen LogP contribution in [-0.4, -0.2) is 41.6 Å². The maximum absolute atomic E-state index is 12.6. The van der Waals surface area contributed by atoms with Gasteiger partial charge in [-0.05, 0) is 25.8 Å². The molecule has 0 atom stereocenters. The molecule has 0 bridgehead atoms. The highest BCUT2D eigenvalue weighted by atomic mass is 127. The number of halogens is 4. The lowest BCUT2D eigenvalue weighted by molar-refractivity contribution is -0.141. The number of guanidine groups is 1. The van der Waals surface area contributed by atoms with E-state index in [2.05, 4.69) is 30.9 Å². The fourth-order valence-corrected chi connectivity index (χ4v) is 2.70. The summed E-state index contributed by atoms with van der Waals surface area (Å²) in [6.07, 6.45) is 2.64. The van der Waals surface area contributed by atoms with Gasteiger partial charge in [0.2, 0.25) is 5.95 Å².